The highest BCUT2D eigenvalue weighted by molar-refractivity contribution is 5.45. The fourth-order valence-corrected chi connectivity index (χ4v) is 0.169. The zero-order chi connectivity index (χ0) is 5.70. The molecule has 7 heavy (non-hydrogen) atoms. The Labute approximate surface area is 42.5 Å². The van der Waals surface area contributed by atoms with Crippen molar-refractivity contribution in [3.63, 3.8) is 0 Å². The summed E-state index contributed by atoms with van der Waals surface area (Å²) < 4.78 is 0. The van der Waals surface area contributed by atoms with Crippen molar-refractivity contribution in [2.45, 2.75) is 6.92 Å². The molecule has 0 saturated carbocycles. The van der Waals surface area contributed by atoms with Crippen molar-refractivity contribution in [3.05, 3.63) is 6.08 Å². The highest BCUT2D eigenvalue weighted by atomic mass is 16.3. The SMILES string of the molecule is CC(C=C=O)CO. The molecule has 0 aliphatic heterocycles. The second-order valence-corrected chi connectivity index (χ2v) is 1.44. The molecule has 0 bridgehead atoms. The Balaban J connectivity index is 3.35. The third-order valence-corrected chi connectivity index (χ3v) is 0.641. The first kappa shape index (κ1) is 6.41. The van der Waals surface area contributed by atoms with Crippen LogP contribution < -0.4 is 0 Å². The standard InChI is InChI=1S/C5H8O2/c1-5(4-7)2-3-6/h2,5,7H,4H2,1H3. The molecule has 0 aromatic carbocycles. The lowest BCUT2D eigenvalue weighted by atomic mass is 10.2. The maximum atomic E-state index is 9.48. The van der Waals surface area contributed by atoms with Gasteiger partial charge in [0, 0.05) is 18.6 Å². The van der Waals surface area contributed by atoms with Crippen LogP contribution >= 0.6 is 0 Å². The van der Waals surface area contributed by atoms with Crippen molar-refractivity contribution < 1.29 is 9.90 Å². The first-order chi connectivity index (χ1) is 3.31. The lowest BCUT2D eigenvalue weighted by Gasteiger charge is -1.91. The number of rotatable bonds is 2. The lowest BCUT2D eigenvalue weighted by Crippen LogP contribution is -1.94. The van der Waals surface area contributed by atoms with Gasteiger partial charge in [0.15, 0.2) is 0 Å². The molecule has 1 unspecified atom stereocenters. The Bertz CT molecular complexity index is 82.1. The molecule has 0 aliphatic carbocycles. The van der Waals surface area contributed by atoms with E-state index in [1.54, 1.807) is 12.9 Å². The third-order valence-electron chi connectivity index (χ3n) is 0.641. The minimum Gasteiger partial charge on any atom is -0.396 e. The largest absolute Gasteiger partial charge is 0.396 e. The van der Waals surface area contributed by atoms with Crippen LogP contribution in [0.1, 0.15) is 6.92 Å². The molecule has 0 rings (SSSR count). The average molecular weight is 100 g/mol. The summed E-state index contributed by atoms with van der Waals surface area (Å²) in [6, 6.07) is 0. The molecular weight excluding hydrogens is 92.1 g/mol. The molecule has 0 fully saturated rings. The van der Waals surface area contributed by atoms with Crippen LogP contribution in [-0.2, 0) is 4.79 Å². The summed E-state index contributed by atoms with van der Waals surface area (Å²) in [4.78, 5) is 9.48. The van der Waals surface area contributed by atoms with E-state index in [1.165, 1.54) is 6.08 Å². The molecule has 2 nitrogen and oxygen atoms in total. The van der Waals surface area contributed by atoms with Crippen LogP contribution in [0.4, 0.5) is 0 Å². The Hall–Kier alpha value is -0.590. The van der Waals surface area contributed by atoms with E-state index in [1.807, 2.05) is 0 Å². The van der Waals surface area contributed by atoms with E-state index in [0.29, 0.717) is 0 Å². The van der Waals surface area contributed by atoms with Gasteiger partial charge in [-0.2, -0.15) is 0 Å². The summed E-state index contributed by atoms with van der Waals surface area (Å²) in [6.07, 6.45) is 1.29. The molecule has 2 heteroatoms. The molecule has 0 amide bonds. The average Bonchev–Trinajstić information content (AvgIpc) is 1.68. The Morgan fingerprint density at radius 2 is 2.57 bits per heavy atom. The van der Waals surface area contributed by atoms with Gasteiger partial charge in [-0.25, -0.2) is 4.79 Å². The van der Waals surface area contributed by atoms with Crippen LogP contribution in [-0.4, -0.2) is 17.7 Å². The van der Waals surface area contributed by atoms with Crippen molar-refractivity contribution in [1.82, 2.24) is 0 Å². The predicted octanol–water partition coefficient (Wildman–Crippen LogP) is 0.00260. The molecule has 0 saturated heterocycles. The van der Waals surface area contributed by atoms with E-state index in [9.17, 15) is 4.79 Å². The summed E-state index contributed by atoms with van der Waals surface area (Å²) in [5, 5.41) is 8.26. The van der Waals surface area contributed by atoms with E-state index in [4.69, 9.17) is 5.11 Å². The van der Waals surface area contributed by atoms with Gasteiger partial charge in [0.2, 0.25) is 0 Å². The quantitative estimate of drug-likeness (QED) is 0.496. The summed E-state index contributed by atoms with van der Waals surface area (Å²) in [6.45, 7) is 1.76. The van der Waals surface area contributed by atoms with E-state index in [0.717, 1.165) is 0 Å². The molecular formula is C5H8O2. The highest BCUT2D eigenvalue weighted by Gasteiger charge is 1.89. The van der Waals surface area contributed by atoms with E-state index in [2.05, 4.69) is 0 Å². The second-order valence-electron chi connectivity index (χ2n) is 1.44. The van der Waals surface area contributed by atoms with Gasteiger partial charge < -0.3 is 5.11 Å². The Morgan fingerprint density at radius 1 is 2.00 bits per heavy atom. The molecule has 40 valence electrons. The van der Waals surface area contributed by atoms with Gasteiger partial charge in [-0.05, 0) is 0 Å². The fraction of sp³-hybridized carbons (Fsp3) is 0.600. The van der Waals surface area contributed by atoms with Crippen molar-refractivity contribution >= 4 is 5.94 Å². The fourth-order valence-electron chi connectivity index (χ4n) is 0.169. The number of aliphatic hydroxyl groups is 1. The number of aliphatic hydroxyl groups excluding tert-OH is 1. The van der Waals surface area contributed by atoms with E-state index >= 15 is 0 Å². The molecule has 1 atom stereocenters. The zero-order valence-corrected chi connectivity index (χ0v) is 4.22. The number of carbonyl (C=O) groups excluding carboxylic acids is 1. The first-order valence-electron chi connectivity index (χ1n) is 2.13. The molecule has 0 spiro atoms. The summed E-state index contributed by atoms with van der Waals surface area (Å²) in [5.41, 5.74) is 0. The number of hydrogen-bond donors (Lipinski definition) is 1. The maximum Gasteiger partial charge on any atom is 0.120 e. The van der Waals surface area contributed by atoms with Crippen LogP contribution in [0.15, 0.2) is 6.08 Å². The van der Waals surface area contributed by atoms with Gasteiger partial charge in [0.1, 0.15) is 5.94 Å². The molecule has 0 aromatic rings. The summed E-state index contributed by atoms with van der Waals surface area (Å²) in [7, 11) is 0. The van der Waals surface area contributed by atoms with Gasteiger partial charge in [-0.15, -0.1) is 0 Å². The van der Waals surface area contributed by atoms with Crippen LogP contribution in [0, 0.1) is 5.92 Å². The molecule has 0 aromatic heterocycles. The minimum absolute atomic E-state index is 0.0231. The minimum atomic E-state index is -0.0440. The van der Waals surface area contributed by atoms with Gasteiger partial charge >= 0.3 is 0 Å². The maximum absolute atomic E-state index is 9.48. The van der Waals surface area contributed by atoms with E-state index in [-0.39, 0.29) is 12.5 Å². The third kappa shape index (κ3) is 3.23. The summed E-state index contributed by atoms with van der Waals surface area (Å²) in [5.74, 6) is 1.54. The second kappa shape index (κ2) is 3.59. The molecule has 0 heterocycles. The molecule has 1 N–H and O–H groups in total. The van der Waals surface area contributed by atoms with Crippen LogP contribution in [0.5, 0.6) is 0 Å². The van der Waals surface area contributed by atoms with Gasteiger partial charge in [-0.1, -0.05) is 6.92 Å². The lowest BCUT2D eigenvalue weighted by molar-refractivity contribution is 0.262. The van der Waals surface area contributed by atoms with Gasteiger partial charge in [-0.3, -0.25) is 0 Å². The Morgan fingerprint density at radius 3 is 2.71 bits per heavy atom. The summed E-state index contributed by atoms with van der Waals surface area (Å²) >= 11 is 0. The topological polar surface area (TPSA) is 37.3 Å². The smallest absolute Gasteiger partial charge is 0.120 e. The molecule has 0 aliphatic rings. The monoisotopic (exact) mass is 100 g/mol. The Kier molecular flexibility index (Phi) is 3.29. The van der Waals surface area contributed by atoms with Crippen molar-refractivity contribution in [1.29, 1.82) is 0 Å². The van der Waals surface area contributed by atoms with Crippen LogP contribution in [0.25, 0.3) is 0 Å². The number of hydrogen-bond acceptors (Lipinski definition) is 2. The van der Waals surface area contributed by atoms with Crippen LogP contribution in [0.3, 0.4) is 0 Å². The predicted molar refractivity (Wildman–Crippen MR) is 26.5 cm³/mol. The zero-order valence-electron chi connectivity index (χ0n) is 4.22. The van der Waals surface area contributed by atoms with Crippen molar-refractivity contribution in [2.75, 3.05) is 6.61 Å². The normalized spacial score (nSPS) is 12.3. The first-order valence-corrected chi connectivity index (χ1v) is 2.13. The van der Waals surface area contributed by atoms with Crippen LogP contribution in [0.2, 0.25) is 0 Å². The van der Waals surface area contributed by atoms with Gasteiger partial charge in [0.25, 0.3) is 0 Å². The molecule has 0 radical (unpaired) electrons. The highest BCUT2D eigenvalue weighted by Crippen LogP contribution is 1.88. The van der Waals surface area contributed by atoms with Crippen molar-refractivity contribution in [2.24, 2.45) is 5.92 Å². The van der Waals surface area contributed by atoms with Crippen molar-refractivity contribution in [3.8, 4) is 0 Å². The van der Waals surface area contributed by atoms with E-state index < -0.39 is 0 Å². The van der Waals surface area contributed by atoms with Gasteiger partial charge in [0.05, 0.1) is 0 Å².